The van der Waals surface area contributed by atoms with Crippen LogP contribution in [0.25, 0.3) is 0 Å². The van der Waals surface area contributed by atoms with Crippen molar-refractivity contribution in [3.63, 3.8) is 0 Å². The van der Waals surface area contributed by atoms with Crippen molar-refractivity contribution >= 4 is 11.9 Å². The van der Waals surface area contributed by atoms with Gasteiger partial charge in [0.2, 0.25) is 0 Å². The summed E-state index contributed by atoms with van der Waals surface area (Å²) in [5, 5.41) is 11.8. The third kappa shape index (κ3) is 3.59. The lowest BCUT2D eigenvalue weighted by Crippen LogP contribution is -2.52. The van der Waals surface area contributed by atoms with Gasteiger partial charge in [0, 0.05) is 12.1 Å². The van der Waals surface area contributed by atoms with Crippen molar-refractivity contribution in [3.05, 3.63) is 28.0 Å². The number of rotatable bonds is 5. The number of hydrogen-bond acceptors (Lipinski definition) is 5. The molecular weight excluding hydrogens is 264 g/mol. The van der Waals surface area contributed by atoms with Crippen LogP contribution >= 0.6 is 0 Å². The van der Waals surface area contributed by atoms with Crippen molar-refractivity contribution in [2.24, 2.45) is 0 Å². The Hall–Kier alpha value is -2.31. The Bertz CT molecular complexity index is 566. The van der Waals surface area contributed by atoms with Gasteiger partial charge < -0.3 is 15.2 Å². The molecule has 0 fully saturated rings. The van der Waals surface area contributed by atoms with Gasteiger partial charge in [-0.05, 0) is 13.3 Å². The van der Waals surface area contributed by atoms with Gasteiger partial charge in [-0.3, -0.25) is 14.6 Å². The summed E-state index contributed by atoms with van der Waals surface area (Å²) in [6.07, 6.45) is 1.05. The minimum atomic E-state index is -1.18. The highest BCUT2D eigenvalue weighted by Crippen LogP contribution is 2.16. The summed E-state index contributed by atoms with van der Waals surface area (Å²) in [5.74, 6) is -1.62. The topological polar surface area (TPSA) is 108 Å². The van der Waals surface area contributed by atoms with E-state index in [1.54, 1.807) is 6.92 Å². The molecule has 20 heavy (non-hydrogen) atoms. The molecule has 110 valence electrons. The van der Waals surface area contributed by atoms with E-state index in [1.807, 2.05) is 6.92 Å². The number of H-pyrrole nitrogens is 1. The lowest BCUT2D eigenvalue weighted by atomic mass is 9.95. The van der Waals surface area contributed by atoms with Gasteiger partial charge in [0.15, 0.2) is 5.88 Å². The Balaban J connectivity index is 3.02. The number of pyridine rings is 1. The largest absolute Gasteiger partial charge is 0.494 e. The monoisotopic (exact) mass is 282 g/mol. The molecule has 0 saturated carbocycles. The molecule has 0 bridgehead atoms. The molecule has 0 radical (unpaired) electrons. The standard InChI is InChI=1S/C13H18N2O5/c1-4-5-13(2,12(19)20-3)15-11(18)8-6-9(16)14-10(17)7-8/h6-7H,4-5H2,1-3H3,(H,15,18)(H2,14,16,17). The molecule has 1 heterocycles. The Labute approximate surface area is 116 Å². The zero-order valence-corrected chi connectivity index (χ0v) is 11.6. The van der Waals surface area contributed by atoms with Gasteiger partial charge in [0.05, 0.1) is 12.7 Å². The summed E-state index contributed by atoms with van der Waals surface area (Å²) < 4.78 is 4.68. The molecule has 1 rings (SSSR count). The van der Waals surface area contributed by atoms with Crippen LogP contribution in [0.3, 0.4) is 0 Å². The predicted octanol–water partition coefficient (Wildman–Crippen LogP) is 0.542. The van der Waals surface area contributed by atoms with Crippen LogP contribution in [-0.2, 0) is 9.53 Å². The number of hydrogen-bond donors (Lipinski definition) is 3. The second-order valence-electron chi connectivity index (χ2n) is 4.65. The SMILES string of the molecule is CCCC(C)(NC(=O)c1cc(O)[nH]c(=O)c1)C(=O)OC. The van der Waals surface area contributed by atoms with Crippen molar-refractivity contribution < 1.29 is 19.4 Å². The van der Waals surface area contributed by atoms with Gasteiger partial charge in [-0.1, -0.05) is 13.3 Å². The van der Waals surface area contributed by atoms with E-state index in [9.17, 15) is 19.5 Å². The van der Waals surface area contributed by atoms with Gasteiger partial charge in [0.1, 0.15) is 5.54 Å². The van der Waals surface area contributed by atoms with Crippen molar-refractivity contribution in [1.82, 2.24) is 10.3 Å². The van der Waals surface area contributed by atoms with E-state index in [1.165, 1.54) is 7.11 Å². The number of nitrogens with one attached hydrogen (secondary N) is 2. The zero-order chi connectivity index (χ0) is 15.3. The first kappa shape index (κ1) is 15.7. The number of aromatic amines is 1. The molecule has 1 atom stereocenters. The maximum atomic E-state index is 12.1. The van der Waals surface area contributed by atoms with Crippen LogP contribution in [0.1, 0.15) is 37.0 Å². The second-order valence-corrected chi connectivity index (χ2v) is 4.65. The Morgan fingerprint density at radius 1 is 1.45 bits per heavy atom. The Morgan fingerprint density at radius 2 is 2.10 bits per heavy atom. The number of carbonyl (C=O) groups is 2. The molecule has 0 aliphatic carbocycles. The zero-order valence-electron chi connectivity index (χ0n) is 11.6. The van der Waals surface area contributed by atoms with Gasteiger partial charge in [0.25, 0.3) is 11.5 Å². The summed E-state index contributed by atoms with van der Waals surface area (Å²) in [6.45, 7) is 3.42. The second kappa shape index (κ2) is 6.23. The highest BCUT2D eigenvalue weighted by Gasteiger charge is 2.35. The molecule has 7 nitrogen and oxygen atoms in total. The fourth-order valence-electron chi connectivity index (χ4n) is 1.92. The summed E-state index contributed by atoms with van der Waals surface area (Å²) in [6, 6.07) is 2.15. The van der Waals surface area contributed by atoms with Crippen LogP contribution in [0.5, 0.6) is 5.88 Å². The maximum absolute atomic E-state index is 12.1. The van der Waals surface area contributed by atoms with Gasteiger partial charge in [-0.15, -0.1) is 0 Å². The quantitative estimate of drug-likeness (QED) is 0.683. The van der Waals surface area contributed by atoms with E-state index < -0.39 is 28.9 Å². The minimum Gasteiger partial charge on any atom is -0.494 e. The van der Waals surface area contributed by atoms with Crippen LogP contribution in [-0.4, -0.2) is 34.6 Å². The van der Waals surface area contributed by atoms with E-state index in [4.69, 9.17) is 0 Å². The van der Waals surface area contributed by atoms with E-state index in [0.717, 1.165) is 12.1 Å². The molecule has 0 aliphatic rings. The summed E-state index contributed by atoms with van der Waals surface area (Å²) in [7, 11) is 1.24. The number of amides is 1. The molecule has 1 unspecified atom stereocenters. The van der Waals surface area contributed by atoms with Gasteiger partial charge in [-0.25, -0.2) is 4.79 Å². The number of aromatic nitrogens is 1. The molecule has 1 amide bonds. The molecule has 0 saturated heterocycles. The van der Waals surface area contributed by atoms with E-state index >= 15 is 0 Å². The van der Waals surface area contributed by atoms with Crippen molar-refractivity contribution in [2.75, 3.05) is 7.11 Å². The van der Waals surface area contributed by atoms with Crippen LogP contribution in [0.2, 0.25) is 0 Å². The third-order valence-corrected chi connectivity index (χ3v) is 2.87. The fraction of sp³-hybridized carbons (Fsp3) is 0.462. The number of carbonyl (C=O) groups excluding carboxylic acids is 2. The molecule has 0 aromatic carbocycles. The molecule has 0 spiro atoms. The maximum Gasteiger partial charge on any atom is 0.331 e. The molecule has 0 aliphatic heterocycles. The average Bonchev–Trinajstić information content (AvgIpc) is 2.36. The number of esters is 1. The highest BCUT2D eigenvalue weighted by molar-refractivity contribution is 5.98. The van der Waals surface area contributed by atoms with E-state index in [0.29, 0.717) is 12.8 Å². The normalized spacial score (nSPS) is 13.3. The van der Waals surface area contributed by atoms with E-state index in [2.05, 4.69) is 15.0 Å². The van der Waals surface area contributed by atoms with Gasteiger partial charge >= 0.3 is 5.97 Å². The number of aromatic hydroxyl groups is 1. The molecular formula is C13H18N2O5. The highest BCUT2D eigenvalue weighted by atomic mass is 16.5. The van der Waals surface area contributed by atoms with Crippen molar-refractivity contribution in [2.45, 2.75) is 32.2 Å². The molecule has 1 aromatic rings. The first-order chi connectivity index (χ1) is 9.32. The van der Waals surface area contributed by atoms with Crippen molar-refractivity contribution in [3.8, 4) is 5.88 Å². The predicted molar refractivity (Wildman–Crippen MR) is 71.5 cm³/mol. The summed E-state index contributed by atoms with van der Waals surface area (Å²) >= 11 is 0. The Kier molecular flexibility index (Phi) is 4.90. The van der Waals surface area contributed by atoms with Gasteiger partial charge in [-0.2, -0.15) is 0 Å². The molecule has 7 heteroatoms. The third-order valence-electron chi connectivity index (χ3n) is 2.87. The number of methoxy groups -OCH3 is 1. The Morgan fingerprint density at radius 3 is 2.60 bits per heavy atom. The van der Waals surface area contributed by atoms with Crippen LogP contribution in [0, 0.1) is 0 Å². The molecule has 1 aromatic heterocycles. The number of ether oxygens (including phenoxy) is 1. The summed E-state index contributed by atoms with van der Waals surface area (Å²) in [4.78, 5) is 37.2. The minimum absolute atomic E-state index is 0.0301. The van der Waals surface area contributed by atoms with Crippen molar-refractivity contribution in [1.29, 1.82) is 0 Å². The first-order valence-electron chi connectivity index (χ1n) is 6.16. The van der Waals surface area contributed by atoms with Crippen LogP contribution in [0.15, 0.2) is 16.9 Å². The van der Waals surface area contributed by atoms with E-state index in [-0.39, 0.29) is 5.56 Å². The lowest BCUT2D eigenvalue weighted by Gasteiger charge is -2.27. The lowest BCUT2D eigenvalue weighted by molar-refractivity contribution is -0.147. The smallest absolute Gasteiger partial charge is 0.331 e. The molecule has 3 N–H and O–H groups in total. The van der Waals surface area contributed by atoms with Crippen LogP contribution in [0.4, 0.5) is 0 Å². The fourth-order valence-corrected chi connectivity index (χ4v) is 1.92. The first-order valence-corrected chi connectivity index (χ1v) is 6.16. The summed E-state index contributed by atoms with van der Waals surface area (Å²) in [5.41, 5.74) is -1.82. The average molecular weight is 282 g/mol. The van der Waals surface area contributed by atoms with Crippen LogP contribution < -0.4 is 10.9 Å².